The monoisotopic (exact) mass is 333 g/mol. The summed E-state index contributed by atoms with van der Waals surface area (Å²) in [7, 11) is -3.41. The quantitative estimate of drug-likeness (QED) is 0.687. The van der Waals surface area contributed by atoms with E-state index in [0.29, 0.717) is 32.4 Å². The Balaban J connectivity index is 2.09. The average molecular weight is 333 g/mol. The summed E-state index contributed by atoms with van der Waals surface area (Å²) < 4.78 is 31.0. The summed E-state index contributed by atoms with van der Waals surface area (Å²) in [5.41, 5.74) is 5.21. The van der Waals surface area contributed by atoms with Gasteiger partial charge in [0.25, 0.3) is 0 Å². The molecule has 2 rings (SSSR count). The summed E-state index contributed by atoms with van der Waals surface area (Å²) in [5.74, 6) is -0.824. The number of hydrogen-bond donors (Lipinski definition) is 1. The molecule has 2 aliphatic rings. The molecule has 8 nitrogen and oxygen atoms in total. The smallest absolute Gasteiger partial charge is 0.248 e. The van der Waals surface area contributed by atoms with Gasteiger partial charge in [0.1, 0.15) is 6.04 Å². The van der Waals surface area contributed by atoms with E-state index in [4.69, 9.17) is 10.5 Å². The Bertz CT molecular complexity index is 536. The molecule has 2 heterocycles. The number of rotatable bonds is 5. The fourth-order valence-electron chi connectivity index (χ4n) is 2.93. The van der Waals surface area contributed by atoms with E-state index in [1.54, 1.807) is 6.92 Å². The molecule has 126 valence electrons. The molecular weight excluding hydrogens is 310 g/mol. The standard InChI is InChI=1S/C13H23N3O5S/c1-2-8-22(19,20)16-5-3-4-10(16)13(18)15-6-7-21-11(9-15)12(14)17/h10-11H,2-9H2,1H3,(H2,14,17). The van der Waals surface area contributed by atoms with Crippen LogP contribution in [0.15, 0.2) is 0 Å². The first-order chi connectivity index (χ1) is 10.4. The lowest BCUT2D eigenvalue weighted by Crippen LogP contribution is -2.55. The number of ether oxygens (including phenoxy) is 1. The lowest BCUT2D eigenvalue weighted by atomic mass is 10.1. The zero-order valence-corrected chi connectivity index (χ0v) is 13.5. The molecule has 2 amide bonds. The zero-order chi connectivity index (χ0) is 16.3. The third-order valence-electron chi connectivity index (χ3n) is 4.00. The second-order valence-electron chi connectivity index (χ2n) is 5.63. The van der Waals surface area contributed by atoms with Crippen LogP contribution in [-0.2, 0) is 24.3 Å². The summed E-state index contributed by atoms with van der Waals surface area (Å²) in [4.78, 5) is 25.3. The number of amides is 2. The topological polar surface area (TPSA) is 110 Å². The van der Waals surface area contributed by atoms with Crippen molar-refractivity contribution in [1.82, 2.24) is 9.21 Å². The highest BCUT2D eigenvalue weighted by Gasteiger charge is 2.41. The molecule has 0 aromatic rings. The van der Waals surface area contributed by atoms with Crippen LogP contribution >= 0.6 is 0 Å². The molecule has 0 bridgehead atoms. The molecule has 0 saturated carbocycles. The third-order valence-corrected chi connectivity index (χ3v) is 6.08. The van der Waals surface area contributed by atoms with Crippen molar-refractivity contribution in [2.45, 2.75) is 38.3 Å². The van der Waals surface area contributed by atoms with Gasteiger partial charge in [-0.15, -0.1) is 0 Å². The van der Waals surface area contributed by atoms with Crippen molar-refractivity contribution >= 4 is 21.8 Å². The molecule has 2 fully saturated rings. The second kappa shape index (κ2) is 6.93. The highest BCUT2D eigenvalue weighted by molar-refractivity contribution is 7.89. The third kappa shape index (κ3) is 3.58. The highest BCUT2D eigenvalue weighted by Crippen LogP contribution is 2.24. The molecule has 0 radical (unpaired) electrons. The van der Waals surface area contributed by atoms with E-state index >= 15 is 0 Å². The van der Waals surface area contributed by atoms with Gasteiger partial charge in [-0.3, -0.25) is 9.59 Å². The molecule has 0 aromatic heterocycles. The van der Waals surface area contributed by atoms with Crippen LogP contribution < -0.4 is 5.73 Å². The lowest BCUT2D eigenvalue weighted by molar-refractivity contribution is -0.147. The Kier molecular flexibility index (Phi) is 5.41. The van der Waals surface area contributed by atoms with Crippen LogP contribution in [0.3, 0.4) is 0 Å². The normalized spacial score (nSPS) is 27.0. The maximum atomic E-state index is 12.6. The van der Waals surface area contributed by atoms with Crippen molar-refractivity contribution in [3.8, 4) is 0 Å². The van der Waals surface area contributed by atoms with Gasteiger partial charge in [0.2, 0.25) is 21.8 Å². The van der Waals surface area contributed by atoms with Gasteiger partial charge in [-0.05, 0) is 19.3 Å². The fourth-order valence-corrected chi connectivity index (χ4v) is 4.67. The van der Waals surface area contributed by atoms with Crippen LogP contribution in [-0.4, -0.2) is 73.6 Å². The average Bonchev–Trinajstić information content (AvgIpc) is 2.97. The summed E-state index contributed by atoms with van der Waals surface area (Å²) >= 11 is 0. The second-order valence-corrected chi connectivity index (χ2v) is 7.67. The number of hydrogen-bond acceptors (Lipinski definition) is 5. The minimum atomic E-state index is -3.41. The van der Waals surface area contributed by atoms with E-state index in [1.807, 2.05) is 0 Å². The molecule has 9 heteroatoms. The van der Waals surface area contributed by atoms with Crippen molar-refractivity contribution in [1.29, 1.82) is 0 Å². The van der Waals surface area contributed by atoms with Gasteiger partial charge in [-0.1, -0.05) is 6.92 Å². The molecule has 2 N–H and O–H groups in total. The number of carbonyl (C=O) groups excluding carboxylic acids is 2. The predicted molar refractivity (Wildman–Crippen MR) is 79.3 cm³/mol. The van der Waals surface area contributed by atoms with E-state index in [-0.39, 0.29) is 24.8 Å². The van der Waals surface area contributed by atoms with Crippen LogP contribution in [0, 0.1) is 0 Å². The van der Waals surface area contributed by atoms with Gasteiger partial charge in [0.15, 0.2) is 6.10 Å². The molecule has 0 aliphatic carbocycles. The number of nitrogens with two attached hydrogens (primary N) is 1. The van der Waals surface area contributed by atoms with E-state index in [0.717, 1.165) is 0 Å². The number of morpholine rings is 1. The molecule has 2 atom stereocenters. The largest absolute Gasteiger partial charge is 0.367 e. The first-order valence-corrected chi connectivity index (χ1v) is 9.17. The predicted octanol–water partition coefficient (Wildman–Crippen LogP) is -1.10. The van der Waals surface area contributed by atoms with E-state index < -0.39 is 28.1 Å². The summed E-state index contributed by atoms with van der Waals surface area (Å²) in [6.45, 7) is 2.84. The first kappa shape index (κ1) is 17.2. The van der Waals surface area contributed by atoms with Crippen LogP contribution in [0.2, 0.25) is 0 Å². The Labute approximate surface area is 130 Å². The van der Waals surface area contributed by atoms with Crippen LogP contribution in [0.1, 0.15) is 26.2 Å². The van der Waals surface area contributed by atoms with Crippen molar-refractivity contribution in [2.75, 3.05) is 32.0 Å². The maximum Gasteiger partial charge on any atom is 0.248 e. The Morgan fingerprint density at radius 1 is 1.32 bits per heavy atom. The van der Waals surface area contributed by atoms with E-state index in [1.165, 1.54) is 9.21 Å². The molecule has 22 heavy (non-hydrogen) atoms. The Morgan fingerprint density at radius 3 is 2.68 bits per heavy atom. The highest BCUT2D eigenvalue weighted by atomic mass is 32.2. The minimum absolute atomic E-state index is 0.0454. The lowest BCUT2D eigenvalue weighted by Gasteiger charge is -2.34. The summed E-state index contributed by atoms with van der Waals surface area (Å²) in [5, 5.41) is 0. The van der Waals surface area contributed by atoms with Crippen molar-refractivity contribution in [3.05, 3.63) is 0 Å². The Morgan fingerprint density at radius 2 is 2.05 bits per heavy atom. The van der Waals surface area contributed by atoms with Gasteiger partial charge >= 0.3 is 0 Å². The summed E-state index contributed by atoms with van der Waals surface area (Å²) in [6.07, 6.45) is 0.879. The molecular formula is C13H23N3O5S. The molecule has 2 unspecified atom stereocenters. The number of carbonyl (C=O) groups is 2. The molecule has 0 aromatic carbocycles. The van der Waals surface area contributed by atoms with Crippen LogP contribution in [0.25, 0.3) is 0 Å². The van der Waals surface area contributed by atoms with Gasteiger partial charge in [-0.2, -0.15) is 4.31 Å². The molecule has 0 spiro atoms. The van der Waals surface area contributed by atoms with Gasteiger partial charge in [0.05, 0.1) is 18.9 Å². The molecule has 2 aliphatic heterocycles. The first-order valence-electron chi connectivity index (χ1n) is 7.56. The molecule has 2 saturated heterocycles. The summed E-state index contributed by atoms with van der Waals surface area (Å²) in [6, 6.07) is -0.664. The number of sulfonamides is 1. The fraction of sp³-hybridized carbons (Fsp3) is 0.846. The van der Waals surface area contributed by atoms with Gasteiger partial charge < -0.3 is 15.4 Å². The van der Waals surface area contributed by atoms with Crippen LogP contribution in [0.4, 0.5) is 0 Å². The maximum absolute atomic E-state index is 12.6. The number of nitrogens with zero attached hydrogens (tertiary/aromatic N) is 2. The SMILES string of the molecule is CCCS(=O)(=O)N1CCCC1C(=O)N1CCOC(C(N)=O)C1. The zero-order valence-electron chi connectivity index (χ0n) is 12.7. The van der Waals surface area contributed by atoms with Crippen molar-refractivity contribution in [2.24, 2.45) is 5.73 Å². The van der Waals surface area contributed by atoms with Crippen LogP contribution in [0.5, 0.6) is 0 Å². The number of primary amides is 1. The van der Waals surface area contributed by atoms with E-state index in [9.17, 15) is 18.0 Å². The van der Waals surface area contributed by atoms with E-state index in [2.05, 4.69) is 0 Å². The Hall–Kier alpha value is -1.19. The minimum Gasteiger partial charge on any atom is -0.367 e. The van der Waals surface area contributed by atoms with Gasteiger partial charge in [-0.25, -0.2) is 8.42 Å². The van der Waals surface area contributed by atoms with Crippen molar-refractivity contribution < 1.29 is 22.7 Å². The van der Waals surface area contributed by atoms with Gasteiger partial charge in [0, 0.05) is 13.1 Å². The van der Waals surface area contributed by atoms with Crippen molar-refractivity contribution in [3.63, 3.8) is 0 Å².